The van der Waals surface area contributed by atoms with E-state index < -0.39 is 5.66 Å². The summed E-state index contributed by atoms with van der Waals surface area (Å²) in [5.41, 5.74) is 1.21. The lowest BCUT2D eigenvalue weighted by molar-refractivity contribution is 0.00197. The summed E-state index contributed by atoms with van der Waals surface area (Å²) in [4.78, 5) is 25.0. The lowest BCUT2D eigenvalue weighted by atomic mass is 9.66. The van der Waals surface area contributed by atoms with Gasteiger partial charge in [-0.15, -0.1) is 0 Å². The zero-order chi connectivity index (χ0) is 14.8. The number of carbonyl (C=O) groups excluding carboxylic acids is 1. The van der Waals surface area contributed by atoms with Crippen LogP contribution in [0.5, 0.6) is 0 Å². The highest BCUT2D eigenvalue weighted by molar-refractivity contribution is 9.07. The summed E-state index contributed by atoms with van der Waals surface area (Å²) >= 11 is 3.46. The summed E-state index contributed by atoms with van der Waals surface area (Å²) < 4.78 is 3.36. The smallest absolute Gasteiger partial charge is 0.282 e. The molecule has 2 aliphatic heterocycles. The van der Waals surface area contributed by atoms with E-state index in [1.54, 1.807) is 20.6 Å². The van der Waals surface area contributed by atoms with E-state index in [0.29, 0.717) is 11.1 Å². The van der Waals surface area contributed by atoms with Gasteiger partial charge in [0.1, 0.15) is 11.4 Å². The number of fused-ring (bicyclic) bond motifs is 2. The number of halogens is 1. The Morgan fingerprint density at radius 2 is 1.81 bits per heavy atom. The van der Waals surface area contributed by atoms with Gasteiger partial charge in [-0.25, -0.2) is 3.93 Å². The zero-order valence-corrected chi connectivity index (χ0v) is 13.6. The molecule has 0 bridgehead atoms. The topological polar surface area (TPSA) is 54.3 Å². The van der Waals surface area contributed by atoms with Crippen LogP contribution in [-0.4, -0.2) is 27.5 Å². The molecule has 1 N–H and O–H groups in total. The highest BCUT2D eigenvalue weighted by atomic mass is 79.9. The third-order valence-electron chi connectivity index (χ3n) is 5.57. The molecule has 0 atom stereocenters. The third-order valence-corrected chi connectivity index (χ3v) is 6.55. The first-order valence-electron chi connectivity index (χ1n) is 7.43. The van der Waals surface area contributed by atoms with Gasteiger partial charge in [-0.05, 0) is 43.6 Å². The van der Waals surface area contributed by atoms with Crippen LogP contribution in [0.3, 0.4) is 0 Å². The molecular weight excluding hydrogens is 334 g/mol. The number of amides is 1. The Balaban J connectivity index is 1.83. The maximum Gasteiger partial charge on any atom is 0.282 e. The average molecular weight is 352 g/mol. The van der Waals surface area contributed by atoms with Crippen molar-refractivity contribution >= 4 is 22.1 Å². The molecule has 21 heavy (non-hydrogen) atoms. The molecule has 3 heterocycles. The van der Waals surface area contributed by atoms with Crippen LogP contribution in [0, 0.1) is 12.3 Å². The van der Waals surface area contributed by atoms with Gasteiger partial charge < -0.3 is 5.32 Å². The van der Waals surface area contributed by atoms with Gasteiger partial charge in [0.05, 0.1) is 16.1 Å². The Kier molecular flexibility index (Phi) is 2.70. The van der Waals surface area contributed by atoms with E-state index in [1.165, 1.54) is 0 Å². The predicted octanol–water partition coefficient (Wildman–Crippen LogP) is 1.74. The minimum atomic E-state index is -0.517. The van der Waals surface area contributed by atoms with E-state index in [9.17, 15) is 9.59 Å². The normalized spacial score (nSPS) is 25.2. The number of carbonyl (C=O) groups is 1. The Morgan fingerprint density at radius 1 is 1.14 bits per heavy atom. The van der Waals surface area contributed by atoms with Crippen LogP contribution in [0.2, 0.25) is 0 Å². The van der Waals surface area contributed by atoms with E-state index in [-0.39, 0.29) is 11.5 Å². The molecule has 6 heteroatoms. The predicted molar refractivity (Wildman–Crippen MR) is 82.3 cm³/mol. The number of aromatic nitrogens is 1. The molecule has 3 aliphatic rings. The standard InChI is InChI=1S/C15H18BrN3O2/c1-10-2-3-11(20)18-12(10)13(21)19(16)15(18)6-4-14(5-7-15)8-17-9-14/h2-3,17H,4-9H2,1H3. The molecule has 1 aromatic rings. The molecule has 112 valence electrons. The first kappa shape index (κ1) is 13.5. The van der Waals surface area contributed by atoms with Crippen LogP contribution < -0.4 is 10.9 Å². The fraction of sp³-hybridized carbons (Fsp3) is 0.600. The lowest BCUT2D eigenvalue weighted by Gasteiger charge is -2.51. The van der Waals surface area contributed by atoms with E-state index in [4.69, 9.17) is 0 Å². The number of pyridine rings is 1. The first-order valence-corrected chi connectivity index (χ1v) is 8.14. The van der Waals surface area contributed by atoms with Gasteiger partial charge in [0, 0.05) is 19.2 Å². The van der Waals surface area contributed by atoms with E-state index in [2.05, 4.69) is 21.5 Å². The zero-order valence-electron chi connectivity index (χ0n) is 12.0. The van der Waals surface area contributed by atoms with Gasteiger partial charge in [-0.3, -0.25) is 14.2 Å². The van der Waals surface area contributed by atoms with Crippen molar-refractivity contribution in [3.63, 3.8) is 0 Å². The van der Waals surface area contributed by atoms with Crippen LogP contribution in [0.4, 0.5) is 0 Å². The van der Waals surface area contributed by atoms with Crippen LogP contribution in [0.25, 0.3) is 0 Å². The van der Waals surface area contributed by atoms with Crippen molar-refractivity contribution in [2.45, 2.75) is 38.3 Å². The Hall–Kier alpha value is -1.14. The molecule has 2 spiro atoms. The number of hydrogen-bond donors (Lipinski definition) is 1. The maximum absolute atomic E-state index is 12.6. The summed E-state index contributed by atoms with van der Waals surface area (Å²) in [6, 6.07) is 3.32. The number of aryl methyl sites for hydroxylation is 1. The van der Waals surface area contributed by atoms with Gasteiger partial charge in [-0.2, -0.15) is 0 Å². The number of nitrogens with zero attached hydrogens (tertiary/aromatic N) is 2. The summed E-state index contributed by atoms with van der Waals surface area (Å²) in [7, 11) is 0. The highest BCUT2D eigenvalue weighted by Crippen LogP contribution is 2.51. The van der Waals surface area contributed by atoms with Crippen LogP contribution in [0.15, 0.2) is 16.9 Å². The molecule has 5 nitrogen and oxygen atoms in total. The van der Waals surface area contributed by atoms with Crippen molar-refractivity contribution in [3.05, 3.63) is 33.7 Å². The third kappa shape index (κ3) is 1.60. The molecular formula is C15H18BrN3O2. The molecule has 1 amide bonds. The van der Waals surface area contributed by atoms with Crippen molar-refractivity contribution < 1.29 is 4.79 Å². The van der Waals surface area contributed by atoms with Gasteiger partial charge in [0.15, 0.2) is 0 Å². The van der Waals surface area contributed by atoms with Gasteiger partial charge in [0.25, 0.3) is 11.5 Å². The van der Waals surface area contributed by atoms with Crippen molar-refractivity contribution in [1.82, 2.24) is 13.8 Å². The monoisotopic (exact) mass is 351 g/mol. The molecule has 1 saturated heterocycles. The second-order valence-corrected chi connectivity index (χ2v) is 7.42. The Morgan fingerprint density at radius 3 is 2.38 bits per heavy atom. The fourth-order valence-corrected chi connectivity index (χ4v) is 4.80. The fourth-order valence-electron chi connectivity index (χ4n) is 4.12. The lowest BCUT2D eigenvalue weighted by Crippen LogP contribution is -2.59. The van der Waals surface area contributed by atoms with Crippen LogP contribution in [-0.2, 0) is 5.66 Å². The molecule has 1 aromatic heterocycles. The van der Waals surface area contributed by atoms with E-state index >= 15 is 0 Å². The Bertz CT molecular complexity index is 683. The van der Waals surface area contributed by atoms with Crippen LogP contribution >= 0.6 is 16.1 Å². The van der Waals surface area contributed by atoms with Crippen molar-refractivity contribution in [3.8, 4) is 0 Å². The SMILES string of the molecule is Cc1ccc(=O)n2c1C(=O)N(Br)C21CCC2(CC1)CNC2. The maximum atomic E-state index is 12.6. The average Bonchev–Trinajstić information content (AvgIpc) is 2.66. The first-order chi connectivity index (χ1) is 9.99. The largest absolute Gasteiger partial charge is 0.316 e. The molecule has 4 rings (SSSR count). The van der Waals surface area contributed by atoms with Crippen LogP contribution in [0.1, 0.15) is 41.7 Å². The van der Waals surface area contributed by atoms with Crippen molar-refractivity contribution in [2.75, 3.05) is 13.1 Å². The number of rotatable bonds is 0. The van der Waals surface area contributed by atoms with Crippen molar-refractivity contribution in [1.29, 1.82) is 0 Å². The van der Waals surface area contributed by atoms with E-state index in [0.717, 1.165) is 44.3 Å². The number of hydrogen-bond acceptors (Lipinski definition) is 3. The molecule has 2 fully saturated rings. The minimum Gasteiger partial charge on any atom is -0.316 e. The molecule has 0 aromatic carbocycles. The second-order valence-electron chi connectivity index (χ2n) is 6.71. The second kappa shape index (κ2) is 4.20. The van der Waals surface area contributed by atoms with Gasteiger partial charge in [-0.1, -0.05) is 6.07 Å². The van der Waals surface area contributed by atoms with Crippen molar-refractivity contribution in [2.24, 2.45) is 5.41 Å². The van der Waals surface area contributed by atoms with Gasteiger partial charge in [0.2, 0.25) is 0 Å². The number of nitrogens with one attached hydrogen (secondary N) is 1. The summed E-state index contributed by atoms with van der Waals surface area (Å²) in [5, 5.41) is 3.35. The molecule has 1 saturated carbocycles. The molecule has 0 unspecified atom stereocenters. The summed E-state index contributed by atoms with van der Waals surface area (Å²) in [6.45, 7) is 4.02. The van der Waals surface area contributed by atoms with Gasteiger partial charge >= 0.3 is 0 Å². The minimum absolute atomic E-state index is 0.0754. The van der Waals surface area contributed by atoms with E-state index in [1.807, 2.05) is 6.92 Å². The molecule has 1 aliphatic carbocycles. The molecule has 0 radical (unpaired) electrons. The highest BCUT2D eigenvalue weighted by Gasteiger charge is 2.55. The quantitative estimate of drug-likeness (QED) is 0.724. The summed E-state index contributed by atoms with van der Waals surface area (Å²) in [5.74, 6) is -0.0899. The summed E-state index contributed by atoms with van der Waals surface area (Å²) in [6.07, 6.45) is 3.77. The Labute approximate surface area is 131 Å².